The molecule has 5 heteroatoms. The van der Waals surface area contributed by atoms with E-state index in [4.69, 9.17) is 0 Å². The van der Waals surface area contributed by atoms with Gasteiger partial charge in [0.25, 0.3) is 5.91 Å². The Bertz CT molecular complexity index is 554. The third kappa shape index (κ3) is 4.73. The minimum atomic E-state index is -0.0209. The fourth-order valence-corrected chi connectivity index (χ4v) is 2.86. The van der Waals surface area contributed by atoms with E-state index < -0.39 is 0 Å². The Balaban J connectivity index is 1.95. The van der Waals surface area contributed by atoms with Crippen LogP contribution in [0.25, 0.3) is 0 Å². The van der Waals surface area contributed by atoms with Gasteiger partial charge < -0.3 is 15.1 Å². The highest BCUT2D eigenvalue weighted by molar-refractivity contribution is 5.94. The molecule has 1 aromatic rings. The lowest BCUT2D eigenvalue weighted by Gasteiger charge is -2.22. The second kappa shape index (κ2) is 8.71. The van der Waals surface area contributed by atoms with Crippen LogP contribution in [0.2, 0.25) is 0 Å². The van der Waals surface area contributed by atoms with E-state index in [0.29, 0.717) is 38.6 Å². The topological polar surface area (TPSA) is 52.7 Å². The van der Waals surface area contributed by atoms with Gasteiger partial charge in [0, 0.05) is 38.3 Å². The van der Waals surface area contributed by atoms with E-state index in [2.05, 4.69) is 19.2 Å². The average molecular weight is 331 g/mol. The van der Waals surface area contributed by atoms with Gasteiger partial charge in [-0.25, -0.2) is 4.79 Å². The number of benzene rings is 1. The Kier molecular flexibility index (Phi) is 6.64. The molecule has 2 rings (SSSR count). The van der Waals surface area contributed by atoms with Gasteiger partial charge >= 0.3 is 6.03 Å². The van der Waals surface area contributed by atoms with Crippen LogP contribution in [0.3, 0.4) is 0 Å². The summed E-state index contributed by atoms with van der Waals surface area (Å²) in [5, 5.41) is 2.91. The molecule has 1 saturated heterocycles. The number of hydrogen-bond acceptors (Lipinski definition) is 2. The van der Waals surface area contributed by atoms with E-state index in [1.165, 1.54) is 5.56 Å². The van der Waals surface area contributed by atoms with Crippen LogP contribution in [0.1, 0.15) is 55.5 Å². The minimum Gasteiger partial charge on any atom is -0.338 e. The maximum absolute atomic E-state index is 12.7. The second-order valence-electron chi connectivity index (χ2n) is 6.64. The highest BCUT2D eigenvalue weighted by atomic mass is 16.2. The van der Waals surface area contributed by atoms with Crippen molar-refractivity contribution in [2.24, 2.45) is 0 Å². The molecule has 0 radical (unpaired) electrons. The lowest BCUT2D eigenvalue weighted by Crippen LogP contribution is -2.42. The van der Waals surface area contributed by atoms with Crippen molar-refractivity contribution >= 4 is 11.9 Å². The van der Waals surface area contributed by atoms with E-state index in [0.717, 1.165) is 18.4 Å². The molecular weight excluding hydrogens is 302 g/mol. The molecule has 0 unspecified atom stereocenters. The first-order chi connectivity index (χ1) is 11.5. The molecule has 5 nitrogen and oxygen atoms in total. The molecule has 1 aliphatic rings. The molecule has 1 aliphatic heterocycles. The van der Waals surface area contributed by atoms with Crippen molar-refractivity contribution in [1.82, 2.24) is 15.1 Å². The summed E-state index contributed by atoms with van der Waals surface area (Å²) in [7, 11) is 0. The molecule has 0 atom stereocenters. The molecule has 1 aromatic carbocycles. The van der Waals surface area contributed by atoms with E-state index in [9.17, 15) is 9.59 Å². The summed E-state index contributed by atoms with van der Waals surface area (Å²) in [5.41, 5.74) is 1.96. The number of hydrogen-bond donors (Lipinski definition) is 1. The summed E-state index contributed by atoms with van der Waals surface area (Å²) >= 11 is 0. The Morgan fingerprint density at radius 1 is 1.04 bits per heavy atom. The minimum absolute atomic E-state index is 0.0209. The zero-order valence-corrected chi connectivity index (χ0v) is 15.0. The molecule has 0 saturated carbocycles. The van der Waals surface area contributed by atoms with Gasteiger partial charge in [-0.2, -0.15) is 0 Å². The smallest absolute Gasteiger partial charge is 0.317 e. The Labute approximate surface area is 145 Å². The Hall–Kier alpha value is -2.04. The summed E-state index contributed by atoms with van der Waals surface area (Å²) in [6, 6.07) is 7.86. The van der Waals surface area contributed by atoms with Crippen LogP contribution in [0, 0.1) is 0 Å². The van der Waals surface area contributed by atoms with Crippen LogP contribution in [0.15, 0.2) is 24.3 Å². The molecule has 1 fully saturated rings. The maximum atomic E-state index is 12.7. The third-order valence-corrected chi connectivity index (χ3v) is 4.42. The van der Waals surface area contributed by atoms with Gasteiger partial charge in [-0.3, -0.25) is 4.79 Å². The fraction of sp³-hybridized carbons (Fsp3) is 0.579. The summed E-state index contributed by atoms with van der Waals surface area (Å²) in [4.78, 5) is 28.4. The summed E-state index contributed by atoms with van der Waals surface area (Å²) in [5.74, 6) is 0.517. The van der Waals surface area contributed by atoms with E-state index in [1.807, 2.05) is 41.0 Å². The first-order valence-corrected chi connectivity index (χ1v) is 8.95. The monoisotopic (exact) mass is 331 g/mol. The van der Waals surface area contributed by atoms with Gasteiger partial charge in [-0.05, 0) is 36.5 Å². The maximum Gasteiger partial charge on any atom is 0.317 e. The van der Waals surface area contributed by atoms with Crippen LogP contribution in [-0.2, 0) is 0 Å². The molecule has 3 amide bonds. The SMILES string of the molecule is CCCNC(=O)N1CCCN(C(=O)c2ccc(C(C)C)cc2)CC1. The molecule has 1 heterocycles. The summed E-state index contributed by atoms with van der Waals surface area (Å²) < 4.78 is 0. The van der Waals surface area contributed by atoms with Gasteiger partial charge in [-0.1, -0.05) is 32.9 Å². The van der Waals surface area contributed by atoms with Gasteiger partial charge in [-0.15, -0.1) is 0 Å². The van der Waals surface area contributed by atoms with E-state index >= 15 is 0 Å². The molecule has 0 spiro atoms. The largest absolute Gasteiger partial charge is 0.338 e. The van der Waals surface area contributed by atoms with E-state index in [1.54, 1.807) is 0 Å². The number of nitrogens with one attached hydrogen (secondary N) is 1. The van der Waals surface area contributed by atoms with Crippen molar-refractivity contribution in [3.63, 3.8) is 0 Å². The molecule has 24 heavy (non-hydrogen) atoms. The molecule has 1 N–H and O–H groups in total. The van der Waals surface area contributed by atoms with Crippen LogP contribution in [0.4, 0.5) is 4.79 Å². The van der Waals surface area contributed by atoms with Crippen molar-refractivity contribution in [1.29, 1.82) is 0 Å². The zero-order chi connectivity index (χ0) is 17.5. The number of amides is 3. The van der Waals surface area contributed by atoms with Crippen LogP contribution in [-0.4, -0.2) is 54.5 Å². The Morgan fingerprint density at radius 3 is 2.29 bits per heavy atom. The third-order valence-electron chi connectivity index (χ3n) is 4.42. The fourth-order valence-electron chi connectivity index (χ4n) is 2.86. The molecule has 0 bridgehead atoms. The van der Waals surface area contributed by atoms with Gasteiger partial charge in [0.15, 0.2) is 0 Å². The van der Waals surface area contributed by atoms with Crippen LogP contribution >= 0.6 is 0 Å². The molecule has 0 aromatic heterocycles. The number of rotatable bonds is 4. The van der Waals surface area contributed by atoms with Gasteiger partial charge in [0.1, 0.15) is 0 Å². The number of carbonyl (C=O) groups excluding carboxylic acids is 2. The van der Waals surface area contributed by atoms with E-state index in [-0.39, 0.29) is 11.9 Å². The van der Waals surface area contributed by atoms with Crippen molar-refractivity contribution in [3.8, 4) is 0 Å². The predicted octanol–water partition coefficient (Wildman–Crippen LogP) is 3.08. The standard InChI is InChI=1S/C19H29N3O2/c1-4-10-20-19(24)22-12-5-11-21(13-14-22)18(23)17-8-6-16(7-9-17)15(2)3/h6-9,15H,4-5,10-14H2,1-3H3,(H,20,24). The predicted molar refractivity (Wildman–Crippen MR) is 96.3 cm³/mol. The van der Waals surface area contributed by atoms with Gasteiger partial charge in [0.05, 0.1) is 0 Å². The second-order valence-corrected chi connectivity index (χ2v) is 6.64. The normalized spacial score (nSPS) is 15.3. The lowest BCUT2D eigenvalue weighted by atomic mass is 10.0. The Morgan fingerprint density at radius 2 is 1.67 bits per heavy atom. The highest BCUT2D eigenvalue weighted by Crippen LogP contribution is 2.16. The first kappa shape index (κ1) is 18.3. The first-order valence-electron chi connectivity index (χ1n) is 8.95. The van der Waals surface area contributed by atoms with Gasteiger partial charge in [0.2, 0.25) is 0 Å². The lowest BCUT2D eigenvalue weighted by molar-refractivity contribution is 0.0762. The summed E-state index contributed by atoms with van der Waals surface area (Å²) in [6.07, 6.45) is 1.74. The van der Waals surface area contributed by atoms with Crippen LogP contribution in [0.5, 0.6) is 0 Å². The number of carbonyl (C=O) groups is 2. The quantitative estimate of drug-likeness (QED) is 0.922. The number of urea groups is 1. The summed E-state index contributed by atoms with van der Waals surface area (Å²) in [6.45, 7) is 9.59. The van der Waals surface area contributed by atoms with Crippen molar-refractivity contribution in [3.05, 3.63) is 35.4 Å². The van der Waals surface area contributed by atoms with Crippen molar-refractivity contribution in [2.75, 3.05) is 32.7 Å². The average Bonchev–Trinajstić information content (AvgIpc) is 2.85. The molecular formula is C19H29N3O2. The van der Waals surface area contributed by atoms with Crippen LogP contribution < -0.4 is 5.32 Å². The zero-order valence-electron chi connectivity index (χ0n) is 15.0. The van der Waals surface area contributed by atoms with Crippen molar-refractivity contribution < 1.29 is 9.59 Å². The molecule has 0 aliphatic carbocycles. The number of nitrogens with zero attached hydrogens (tertiary/aromatic N) is 2. The highest BCUT2D eigenvalue weighted by Gasteiger charge is 2.22. The molecule has 132 valence electrons. The van der Waals surface area contributed by atoms with Crippen molar-refractivity contribution in [2.45, 2.75) is 39.5 Å².